The molecule has 1 amide bonds. The Kier molecular flexibility index (Phi) is 4.23. The third-order valence-electron chi connectivity index (χ3n) is 3.34. The van der Waals surface area contributed by atoms with Gasteiger partial charge in [0, 0.05) is 29.4 Å². The van der Waals surface area contributed by atoms with Crippen molar-refractivity contribution < 1.29 is 4.79 Å². The summed E-state index contributed by atoms with van der Waals surface area (Å²) in [7, 11) is 0. The molecule has 0 radical (unpaired) electrons. The zero-order chi connectivity index (χ0) is 14.7. The van der Waals surface area contributed by atoms with Crippen molar-refractivity contribution >= 4 is 16.8 Å². The summed E-state index contributed by atoms with van der Waals surface area (Å²) in [6, 6.07) is 5.92. The van der Waals surface area contributed by atoms with Crippen molar-refractivity contribution in [2.75, 3.05) is 0 Å². The Labute approximate surface area is 118 Å². The molecule has 1 aromatic carbocycles. The van der Waals surface area contributed by atoms with E-state index >= 15 is 0 Å². The minimum Gasteiger partial charge on any atom is -0.352 e. The van der Waals surface area contributed by atoms with E-state index in [2.05, 4.69) is 16.4 Å². The topological polar surface area (TPSA) is 62.0 Å². The van der Waals surface area contributed by atoms with Crippen molar-refractivity contribution in [3.05, 3.63) is 45.2 Å². The molecule has 2 rings (SSSR count). The van der Waals surface area contributed by atoms with E-state index in [1.54, 1.807) is 0 Å². The van der Waals surface area contributed by atoms with E-state index in [0.29, 0.717) is 12.0 Å². The van der Waals surface area contributed by atoms with Crippen molar-refractivity contribution in [2.24, 2.45) is 0 Å². The van der Waals surface area contributed by atoms with Gasteiger partial charge in [0.2, 0.25) is 5.91 Å². The molecule has 20 heavy (non-hydrogen) atoms. The molecule has 0 aliphatic heterocycles. The zero-order valence-corrected chi connectivity index (χ0v) is 12.2. The predicted molar refractivity (Wildman–Crippen MR) is 80.8 cm³/mol. The first-order valence-electron chi connectivity index (χ1n) is 6.91. The molecule has 0 saturated heterocycles. The number of pyridine rings is 1. The van der Waals surface area contributed by atoms with Gasteiger partial charge in [-0.05, 0) is 43.5 Å². The SMILES string of the molecule is CCCC(=O)NCc1cc2c(C)cc(C)cc2[nH]c1=O. The van der Waals surface area contributed by atoms with Crippen molar-refractivity contribution in [1.29, 1.82) is 0 Å². The van der Waals surface area contributed by atoms with Crippen molar-refractivity contribution in [2.45, 2.75) is 40.2 Å². The third-order valence-corrected chi connectivity index (χ3v) is 3.34. The Morgan fingerprint density at radius 2 is 2.00 bits per heavy atom. The average Bonchev–Trinajstić information content (AvgIpc) is 2.36. The highest BCUT2D eigenvalue weighted by molar-refractivity contribution is 5.83. The predicted octanol–water partition coefficient (Wildman–Crippen LogP) is 2.56. The van der Waals surface area contributed by atoms with E-state index in [1.807, 2.05) is 32.9 Å². The second kappa shape index (κ2) is 5.90. The van der Waals surface area contributed by atoms with Gasteiger partial charge in [-0.2, -0.15) is 0 Å². The Bertz CT molecular complexity index is 701. The number of amides is 1. The van der Waals surface area contributed by atoms with Gasteiger partial charge in [-0.1, -0.05) is 13.0 Å². The smallest absolute Gasteiger partial charge is 0.253 e. The first kappa shape index (κ1) is 14.3. The number of carbonyl (C=O) groups is 1. The first-order chi connectivity index (χ1) is 9.51. The number of carbonyl (C=O) groups excluding carboxylic acids is 1. The van der Waals surface area contributed by atoms with Crippen LogP contribution in [-0.2, 0) is 11.3 Å². The van der Waals surface area contributed by atoms with Gasteiger partial charge in [0.1, 0.15) is 0 Å². The fourth-order valence-corrected chi connectivity index (χ4v) is 2.36. The fourth-order valence-electron chi connectivity index (χ4n) is 2.36. The van der Waals surface area contributed by atoms with Gasteiger partial charge >= 0.3 is 0 Å². The van der Waals surface area contributed by atoms with Gasteiger partial charge in [-0.15, -0.1) is 0 Å². The molecule has 4 nitrogen and oxygen atoms in total. The number of rotatable bonds is 4. The van der Waals surface area contributed by atoms with Gasteiger partial charge in [0.25, 0.3) is 5.56 Å². The molecule has 1 aromatic heterocycles. The monoisotopic (exact) mass is 272 g/mol. The molecule has 2 N–H and O–H groups in total. The van der Waals surface area contributed by atoms with E-state index in [9.17, 15) is 9.59 Å². The van der Waals surface area contributed by atoms with Gasteiger partial charge < -0.3 is 10.3 Å². The fraction of sp³-hybridized carbons (Fsp3) is 0.375. The highest BCUT2D eigenvalue weighted by Crippen LogP contribution is 2.18. The lowest BCUT2D eigenvalue weighted by Crippen LogP contribution is -2.26. The molecule has 1 heterocycles. The number of benzene rings is 1. The van der Waals surface area contributed by atoms with Crippen LogP contribution in [0.2, 0.25) is 0 Å². The van der Waals surface area contributed by atoms with Crippen LogP contribution in [0.4, 0.5) is 0 Å². The number of hydrogen-bond donors (Lipinski definition) is 2. The standard InChI is InChI=1S/C16H20N2O2/c1-4-5-15(19)17-9-12-8-13-11(3)6-10(2)7-14(13)18-16(12)20/h6-8H,4-5,9H2,1-3H3,(H,17,19)(H,18,20). The quantitative estimate of drug-likeness (QED) is 0.898. The van der Waals surface area contributed by atoms with Gasteiger partial charge in [0.05, 0.1) is 0 Å². The second-order valence-electron chi connectivity index (χ2n) is 5.19. The van der Waals surface area contributed by atoms with Crippen molar-refractivity contribution in [1.82, 2.24) is 10.3 Å². The van der Waals surface area contributed by atoms with Crippen LogP contribution < -0.4 is 10.9 Å². The van der Waals surface area contributed by atoms with Gasteiger partial charge in [-0.3, -0.25) is 9.59 Å². The Morgan fingerprint density at radius 3 is 2.70 bits per heavy atom. The maximum atomic E-state index is 12.0. The van der Waals surface area contributed by atoms with E-state index in [0.717, 1.165) is 28.5 Å². The lowest BCUT2D eigenvalue weighted by atomic mass is 10.0. The van der Waals surface area contributed by atoms with Crippen LogP contribution in [0.5, 0.6) is 0 Å². The molecule has 0 aliphatic rings. The number of hydrogen-bond acceptors (Lipinski definition) is 2. The number of fused-ring (bicyclic) bond motifs is 1. The number of nitrogens with one attached hydrogen (secondary N) is 2. The van der Waals surface area contributed by atoms with Crippen LogP contribution in [0.25, 0.3) is 10.9 Å². The van der Waals surface area contributed by atoms with Crippen LogP contribution in [0.3, 0.4) is 0 Å². The third kappa shape index (κ3) is 3.07. The molecule has 0 unspecified atom stereocenters. The first-order valence-corrected chi connectivity index (χ1v) is 6.91. The molecule has 106 valence electrons. The lowest BCUT2D eigenvalue weighted by molar-refractivity contribution is -0.121. The molecular weight excluding hydrogens is 252 g/mol. The summed E-state index contributed by atoms with van der Waals surface area (Å²) in [5.74, 6) is -0.0207. The van der Waals surface area contributed by atoms with Gasteiger partial charge in [-0.25, -0.2) is 0 Å². The van der Waals surface area contributed by atoms with E-state index in [4.69, 9.17) is 0 Å². The number of aromatic amines is 1. The molecule has 0 bridgehead atoms. The summed E-state index contributed by atoms with van der Waals surface area (Å²) in [6.07, 6.45) is 1.29. The summed E-state index contributed by atoms with van der Waals surface area (Å²) in [6.45, 7) is 6.25. The summed E-state index contributed by atoms with van der Waals surface area (Å²) in [4.78, 5) is 26.4. The Balaban J connectivity index is 2.33. The molecule has 0 atom stereocenters. The van der Waals surface area contributed by atoms with Crippen LogP contribution in [0.1, 0.15) is 36.5 Å². The lowest BCUT2D eigenvalue weighted by Gasteiger charge is -2.08. The van der Waals surface area contributed by atoms with Crippen LogP contribution in [0.15, 0.2) is 23.0 Å². The van der Waals surface area contributed by atoms with Gasteiger partial charge in [0.15, 0.2) is 0 Å². The molecule has 0 spiro atoms. The molecular formula is C16H20N2O2. The van der Waals surface area contributed by atoms with E-state index in [1.165, 1.54) is 0 Å². The van der Waals surface area contributed by atoms with Crippen LogP contribution >= 0.6 is 0 Å². The number of aromatic nitrogens is 1. The molecule has 4 heteroatoms. The van der Waals surface area contributed by atoms with Crippen molar-refractivity contribution in [3.8, 4) is 0 Å². The maximum Gasteiger partial charge on any atom is 0.253 e. The van der Waals surface area contributed by atoms with Crippen LogP contribution in [-0.4, -0.2) is 10.9 Å². The summed E-state index contributed by atoms with van der Waals surface area (Å²) < 4.78 is 0. The molecule has 0 fully saturated rings. The normalized spacial score (nSPS) is 10.8. The Morgan fingerprint density at radius 1 is 1.25 bits per heavy atom. The van der Waals surface area contributed by atoms with E-state index < -0.39 is 0 Å². The zero-order valence-electron chi connectivity index (χ0n) is 12.2. The largest absolute Gasteiger partial charge is 0.352 e. The number of H-pyrrole nitrogens is 1. The minimum absolute atomic E-state index is 0.0207. The highest BCUT2D eigenvalue weighted by Gasteiger charge is 2.07. The van der Waals surface area contributed by atoms with Crippen LogP contribution in [0, 0.1) is 13.8 Å². The highest BCUT2D eigenvalue weighted by atomic mass is 16.1. The average molecular weight is 272 g/mol. The Hall–Kier alpha value is -2.10. The molecule has 2 aromatic rings. The molecule has 0 aliphatic carbocycles. The number of aryl methyl sites for hydroxylation is 2. The summed E-state index contributed by atoms with van der Waals surface area (Å²) in [5, 5.41) is 3.80. The molecule has 0 saturated carbocycles. The maximum absolute atomic E-state index is 12.0. The van der Waals surface area contributed by atoms with Crippen molar-refractivity contribution in [3.63, 3.8) is 0 Å². The minimum atomic E-state index is -0.140. The summed E-state index contributed by atoms with van der Waals surface area (Å²) in [5.41, 5.74) is 3.54. The second-order valence-corrected chi connectivity index (χ2v) is 5.19. The summed E-state index contributed by atoms with van der Waals surface area (Å²) >= 11 is 0. The van der Waals surface area contributed by atoms with E-state index in [-0.39, 0.29) is 18.0 Å².